The maximum absolute atomic E-state index is 9.29. The van der Waals surface area contributed by atoms with Gasteiger partial charge in [-0.05, 0) is 37.0 Å². The van der Waals surface area contributed by atoms with E-state index in [1.165, 1.54) is 24.1 Å². The lowest BCUT2D eigenvalue weighted by Gasteiger charge is -2.22. The molecule has 1 saturated carbocycles. The Morgan fingerprint density at radius 3 is 2.84 bits per heavy atom. The fourth-order valence-electron chi connectivity index (χ4n) is 2.72. The Morgan fingerprint density at radius 1 is 1.32 bits per heavy atom. The first-order chi connectivity index (χ1) is 9.26. The average Bonchev–Trinajstić information content (AvgIpc) is 3.13. The molecule has 1 unspecified atom stereocenters. The number of nitrogens with zero attached hydrogens (tertiary/aromatic N) is 1. The third kappa shape index (κ3) is 3.30. The van der Waals surface area contributed by atoms with Gasteiger partial charge >= 0.3 is 0 Å². The zero-order chi connectivity index (χ0) is 13.2. The highest BCUT2D eigenvalue weighted by molar-refractivity contribution is 9.10. The van der Waals surface area contributed by atoms with E-state index < -0.39 is 0 Å². The maximum Gasteiger partial charge on any atom is 0.0476 e. The van der Waals surface area contributed by atoms with Crippen LogP contribution in [0.2, 0.25) is 0 Å². The third-order valence-corrected chi connectivity index (χ3v) is 4.58. The van der Waals surface area contributed by atoms with Crippen molar-refractivity contribution in [2.75, 3.05) is 24.6 Å². The number of nitrogens with one attached hydrogen (secondary N) is 1. The molecule has 2 aliphatic rings. The summed E-state index contributed by atoms with van der Waals surface area (Å²) in [6.07, 6.45) is 3.74. The lowest BCUT2D eigenvalue weighted by Crippen LogP contribution is -2.24. The van der Waals surface area contributed by atoms with Crippen LogP contribution in [-0.4, -0.2) is 30.8 Å². The first-order valence-corrected chi connectivity index (χ1v) is 7.93. The van der Waals surface area contributed by atoms with E-state index in [0.29, 0.717) is 12.5 Å². The summed E-state index contributed by atoms with van der Waals surface area (Å²) in [5, 5.41) is 12.9. The second-order valence-corrected chi connectivity index (χ2v) is 6.63. The van der Waals surface area contributed by atoms with Crippen molar-refractivity contribution >= 4 is 21.6 Å². The minimum atomic E-state index is 0.306. The fourth-order valence-corrected chi connectivity index (χ4v) is 3.07. The summed E-state index contributed by atoms with van der Waals surface area (Å²) < 4.78 is 1.13. The molecule has 1 saturated heterocycles. The summed E-state index contributed by atoms with van der Waals surface area (Å²) >= 11 is 3.57. The molecule has 1 aliphatic heterocycles. The van der Waals surface area contributed by atoms with Crippen LogP contribution < -0.4 is 10.2 Å². The zero-order valence-corrected chi connectivity index (χ0v) is 12.7. The summed E-state index contributed by atoms with van der Waals surface area (Å²) in [5.74, 6) is 0.434. The Kier molecular flexibility index (Phi) is 4.10. The van der Waals surface area contributed by atoms with Crippen LogP contribution in [0.25, 0.3) is 0 Å². The van der Waals surface area contributed by atoms with E-state index in [1.807, 2.05) is 0 Å². The second kappa shape index (κ2) is 5.81. The van der Waals surface area contributed by atoms with Crippen LogP contribution in [0.5, 0.6) is 0 Å². The molecular formula is C15H21BrN2O. The Bertz CT molecular complexity index is 448. The number of hydrogen-bond donors (Lipinski definition) is 2. The predicted molar refractivity (Wildman–Crippen MR) is 81.4 cm³/mol. The van der Waals surface area contributed by atoms with E-state index in [0.717, 1.165) is 36.6 Å². The lowest BCUT2D eigenvalue weighted by atomic mass is 10.1. The monoisotopic (exact) mass is 324 g/mol. The van der Waals surface area contributed by atoms with Crippen LogP contribution in [0.1, 0.15) is 24.8 Å². The molecule has 1 heterocycles. The zero-order valence-electron chi connectivity index (χ0n) is 11.1. The van der Waals surface area contributed by atoms with Gasteiger partial charge in [0.15, 0.2) is 0 Å². The van der Waals surface area contributed by atoms with Gasteiger partial charge in [0.25, 0.3) is 0 Å². The number of anilines is 1. The van der Waals surface area contributed by atoms with Gasteiger partial charge in [-0.1, -0.05) is 22.0 Å². The lowest BCUT2D eigenvalue weighted by molar-refractivity contribution is 0.238. The van der Waals surface area contributed by atoms with Crippen molar-refractivity contribution in [1.82, 2.24) is 5.32 Å². The summed E-state index contributed by atoms with van der Waals surface area (Å²) in [5.41, 5.74) is 2.69. The highest BCUT2D eigenvalue weighted by atomic mass is 79.9. The van der Waals surface area contributed by atoms with Crippen LogP contribution in [0.15, 0.2) is 22.7 Å². The van der Waals surface area contributed by atoms with Crippen molar-refractivity contribution in [2.24, 2.45) is 5.92 Å². The molecule has 3 nitrogen and oxygen atoms in total. The number of benzene rings is 1. The number of aliphatic hydroxyl groups is 1. The van der Waals surface area contributed by atoms with E-state index >= 15 is 0 Å². The molecule has 19 heavy (non-hydrogen) atoms. The van der Waals surface area contributed by atoms with Crippen LogP contribution in [0.4, 0.5) is 5.69 Å². The van der Waals surface area contributed by atoms with Crippen molar-refractivity contribution < 1.29 is 5.11 Å². The topological polar surface area (TPSA) is 35.5 Å². The molecule has 1 aromatic rings. The minimum absolute atomic E-state index is 0.306. The number of halogens is 1. The van der Waals surface area contributed by atoms with Crippen molar-refractivity contribution in [2.45, 2.75) is 31.8 Å². The van der Waals surface area contributed by atoms with Gasteiger partial charge in [-0.25, -0.2) is 0 Å². The van der Waals surface area contributed by atoms with Crippen LogP contribution in [-0.2, 0) is 6.54 Å². The summed E-state index contributed by atoms with van der Waals surface area (Å²) in [4.78, 5) is 2.41. The van der Waals surface area contributed by atoms with Gasteiger partial charge in [0.1, 0.15) is 0 Å². The normalized spacial score (nSPS) is 23.1. The van der Waals surface area contributed by atoms with Gasteiger partial charge in [0, 0.05) is 48.4 Å². The smallest absolute Gasteiger partial charge is 0.0476 e. The molecule has 0 radical (unpaired) electrons. The molecule has 0 amide bonds. The minimum Gasteiger partial charge on any atom is -0.396 e. The van der Waals surface area contributed by atoms with E-state index in [2.05, 4.69) is 44.3 Å². The van der Waals surface area contributed by atoms with Crippen LogP contribution in [0.3, 0.4) is 0 Å². The Morgan fingerprint density at radius 2 is 2.16 bits per heavy atom. The van der Waals surface area contributed by atoms with Gasteiger partial charge in [-0.15, -0.1) is 0 Å². The Balaban J connectivity index is 1.75. The first-order valence-electron chi connectivity index (χ1n) is 7.14. The average molecular weight is 325 g/mol. The van der Waals surface area contributed by atoms with E-state index in [1.54, 1.807) is 0 Å². The van der Waals surface area contributed by atoms with Crippen LogP contribution >= 0.6 is 15.9 Å². The molecule has 1 aliphatic carbocycles. The van der Waals surface area contributed by atoms with E-state index in [-0.39, 0.29) is 0 Å². The van der Waals surface area contributed by atoms with Crippen molar-refractivity contribution in [3.8, 4) is 0 Å². The van der Waals surface area contributed by atoms with Crippen molar-refractivity contribution in [3.63, 3.8) is 0 Å². The molecule has 4 heteroatoms. The second-order valence-electron chi connectivity index (χ2n) is 5.71. The number of hydrogen-bond acceptors (Lipinski definition) is 3. The van der Waals surface area contributed by atoms with Crippen molar-refractivity contribution in [1.29, 1.82) is 0 Å². The third-order valence-electron chi connectivity index (χ3n) is 4.09. The van der Waals surface area contributed by atoms with E-state index in [4.69, 9.17) is 0 Å². The van der Waals surface area contributed by atoms with Gasteiger partial charge in [0.05, 0.1) is 0 Å². The number of rotatable bonds is 5. The molecule has 1 atom stereocenters. The predicted octanol–water partition coefficient (Wildman–Crippen LogP) is 2.52. The van der Waals surface area contributed by atoms with Crippen molar-refractivity contribution in [3.05, 3.63) is 28.2 Å². The van der Waals surface area contributed by atoms with Gasteiger partial charge < -0.3 is 15.3 Å². The standard InChI is InChI=1S/C15H21BrN2O/c16-13-2-1-12(8-17-14-3-4-14)15(7-13)18-6-5-11(9-18)10-19/h1-2,7,11,14,17,19H,3-6,8-10H2. The number of aliphatic hydroxyl groups excluding tert-OH is 1. The summed E-state index contributed by atoms with van der Waals surface area (Å²) in [6, 6.07) is 7.28. The Labute approximate surface area is 123 Å². The molecule has 0 bridgehead atoms. The summed E-state index contributed by atoms with van der Waals surface area (Å²) in [7, 11) is 0. The highest BCUT2D eigenvalue weighted by Gasteiger charge is 2.25. The molecule has 0 spiro atoms. The molecule has 1 aromatic carbocycles. The molecule has 104 valence electrons. The highest BCUT2D eigenvalue weighted by Crippen LogP contribution is 2.30. The van der Waals surface area contributed by atoms with Gasteiger partial charge in [0.2, 0.25) is 0 Å². The molecule has 0 aromatic heterocycles. The molecule has 2 fully saturated rings. The molecular weight excluding hydrogens is 304 g/mol. The Hall–Kier alpha value is -0.580. The van der Waals surface area contributed by atoms with E-state index in [9.17, 15) is 5.11 Å². The fraction of sp³-hybridized carbons (Fsp3) is 0.600. The first kappa shape index (κ1) is 13.4. The largest absolute Gasteiger partial charge is 0.396 e. The molecule has 3 rings (SSSR count). The van der Waals surface area contributed by atoms with Crippen LogP contribution in [0, 0.1) is 5.92 Å². The van der Waals surface area contributed by atoms with Gasteiger partial charge in [-0.3, -0.25) is 0 Å². The maximum atomic E-state index is 9.29. The summed E-state index contributed by atoms with van der Waals surface area (Å²) in [6.45, 7) is 3.29. The van der Waals surface area contributed by atoms with Gasteiger partial charge in [-0.2, -0.15) is 0 Å². The quantitative estimate of drug-likeness (QED) is 0.873. The molecule has 2 N–H and O–H groups in total. The SMILES string of the molecule is OCC1CCN(c2cc(Br)ccc2CNC2CC2)C1.